The fourth-order valence-corrected chi connectivity index (χ4v) is 11.8. The summed E-state index contributed by atoms with van der Waals surface area (Å²) >= 11 is 0. The molecule has 3 aliphatic rings. The highest BCUT2D eigenvalue weighted by Gasteiger charge is 2.55. The minimum Gasteiger partial charge on any atom is -0.468 e. The van der Waals surface area contributed by atoms with Gasteiger partial charge in [-0.3, -0.25) is 19.2 Å². The number of unbranched alkanes of at least 4 members (excludes halogenated alkanes) is 2. The number of esters is 4. The molecular formula is C53H93N3O11. The van der Waals surface area contributed by atoms with E-state index in [1.54, 1.807) is 0 Å². The Morgan fingerprint density at radius 3 is 1.06 bits per heavy atom. The molecule has 3 rings (SSSR count). The Kier molecular flexibility index (Phi) is 19.6. The Hall–Kier alpha value is -2.88. The molecule has 0 amide bonds. The highest BCUT2D eigenvalue weighted by molar-refractivity contribution is 6.00. The van der Waals surface area contributed by atoms with Gasteiger partial charge >= 0.3 is 23.9 Å². The van der Waals surface area contributed by atoms with Crippen LogP contribution in [0.1, 0.15) is 219 Å². The van der Waals surface area contributed by atoms with Crippen LogP contribution in [0.25, 0.3) is 0 Å². The first-order chi connectivity index (χ1) is 30.7. The molecule has 0 radical (unpaired) electrons. The van der Waals surface area contributed by atoms with Crippen LogP contribution in [0.5, 0.6) is 0 Å². The summed E-state index contributed by atoms with van der Waals surface area (Å²) in [6.07, 6.45) is 8.19. The summed E-state index contributed by atoms with van der Waals surface area (Å²) in [6.45, 7) is 33.3. The van der Waals surface area contributed by atoms with E-state index < -0.39 is 86.3 Å². The highest BCUT2D eigenvalue weighted by Crippen LogP contribution is 2.45. The molecule has 3 saturated heterocycles. The van der Waals surface area contributed by atoms with E-state index in [2.05, 4.69) is 6.58 Å². The number of carbonyl (C=O) groups is 4. The summed E-state index contributed by atoms with van der Waals surface area (Å²) < 4.78 is 24.3. The van der Waals surface area contributed by atoms with Crippen LogP contribution >= 0.6 is 0 Å². The van der Waals surface area contributed by atoms with Gasteiger partial charge in [0.15, 0.2) is 10.8 Å². The Balaban J connectivity index is 1.88. The molecule has 1 unspecified atom stereocenters. The molecule has 0 saturated carbocycles. The van der Waals surface area contributed by atoms with Gasteiger partial charge in [-0.15, -0.1) is 0 Å². The number of nitrogens with zero attached hydrogens (tertiary/aromatic N) is 3. The number of methoxy groups -OCH3 is 1. The summed E-state index contributed by atoms with van der Waals surface area (Å²) in [6, 6.07) is 0. The molecule has 3 heterocycles. The molecule has 386 valence electrons. The molecule has 0 spiro atoms. The first kappa shape index (κ1) is 58.4. The predicted molar refractivity (Wildman–Crippen MR) is 259 cm³/mol. The summed E-state index contributed by atoms with van der Waals surface area (Å²) in [5.41, 5.74) is -5.39. The lowest BCUT2D eigenvalue weighted by molar-refractivity contribution is -0.263. The second kappa shape index (κ2) is 22.5. The van der Waals surface area contributed by atoms with E-state index in [1.807, 2.05) is 110 Å². The highest BCUT2D eigenvalue weighted by atomic mass is 16.6. The van der Waals surface area contributed by atoms with Crippen molar-refractivity contribution in [2.24, 2.45) is 10.8 Å². The molecule has 0 aromatic heterocycles. The zero-order valence-electron chi connectivity index (χ0n) is 44.7. The molecule has 14 heteroatoms. The number of allylic oxidation sites excluding steroid dienone is 3. The third kappa shape index (κ3) is 13.7. The van der Waals surface area contributed by atoms with Gasteiger partial charge in [0.05, 0.1) is 7.11 Å². The number of hydrogen-bond donors (Lipinski definition) is 3. The fourth-order valence-electron chi connectivity index (χ4n) is 11.8. The lowest BCUT2D eigenvalue weighted by atomic mass is 9.75. The summed E-state index contributed by atoms with van der Waals surface area (Å²) in [7, 11) is 1.30. The van der Waals surface area contributed by atoms with Crippen molar-refractivity contribution >= 4 is 23.9 Å². The quantitative estimate of drug-likeness (QED) is 0.0404. The number of hydrogen-bond acceptors (Lipinski definition) is 14. The van der Waals surface area contributed by atoms with Crippen LogP contribution in [0.2, 0.25) is 0 Å². The topological polar surface area (TPSA) is 176 Å². The van der Waals surface area contributed by atoms with Crippen molar-refractivity contribution in [2.45, 2.75) is 271 Å². The van der Waals surface area contributed by atoms with Gasteiger partial charge in [0.25, 0.3) is 0 Å². The van der Waals surface area contributed by atoms with E-state index in [4.69, 9.17) is 18.9 Å². The zero-order valence-corrected chi connectivity index (χ0v) is 44.7. The average Bonchev–Trinajstić information content (AvgIpc) is 3.20. The lowest BCUT2D eigenvalue weighted by Gasteiger charge is -2.51. The van der Waals surface area contributed by atoms with Gasteiger partial charge in [-0.1, -0.05) is 57.8 Å². The van der Waals surface area contributed by atoms with Gasteiger partial charge in [-0.05, 0) is 147 Å². The van der Waals surface area contributed by atoms with E-state index in [9.17, 15) is 34.8 Å². The van der Waals surface area contributed by atoms with Crippen LogP contribution < -0.4 is 0 Å². The first-order valence-electron chi connectivity index (χ1n) is 25.3. The molecule has 14 nitrogen and oxygen atoms in total. The number of piperidine rings is 3. The van der Waals surface area contributed by atoms with E-state index in [1.165, 1.54) is 22.3 Å². The predicted octanol–water partition coefficient (Wildman–Crippen LogP) is 11.2. The zero-order chi connectivity index (χ0) is 51.2. The maximum absolute atomic E-state index is 14.9. The van der Waals surface area contributed by atoms with Crippen LogP contribution in [0, 0.1) is 10.8 Å². The van der Waals surface area contributed by atoms with E-state index in [0.717, 1.165) is 24.0 Å². The molecule has 3 N–H and O–H groups in total. The third-order valence-electron chi connectivity index (χ3n) is 15.2. The number of carbonyl (C=O) groups excluding carboxylic acids is 4. The van der Waals surface area contributed by atoms with Crippen molar-refractivity contribution < 1.29 is 53.7 Å². The average molecular weight is 948 g/mol. The molecule has 3 aliphatic heterocycles. The van der Waals surface area contributed by atoms with Crippen LogP contribution in [0.4, 0.5) is 0 Å². The number of ether oxygens (including phenoxy) is 4. The minimum absolute atomic E-state index is 0.170. The van der Waals surface area contributed by atoms with Crippen molar-refractivity contribution in [1.29, 1.82) is 0 Å². The Bertz CT molecular complexity index is 1660. The molecule has 0 aromatic carbocycles. The molecule has 0 aromatic rings. The summed E-state index contributed by atoms with van der Waals surface area (Å²) in [5.74, 6) is -2.44. The van der Waals surface area contributed by atoms with Crippen LogP contribution in [-0.4, -0.2) is 113 Å². The van der Waals surface area contributed by atoms with E-state index in [0.29, 0.717) is 77.0 Å². The first-order valence-corrected chi connectivity index (χ1v) is 25.3. The van der Waals surface area contributed by atoms with Crippen molar-refractivity contribution in [3.63, 3.8) is 0 Å². The van der Waals surface area contributed by atoms with Crippen molar-refractivity contribution in [3.05, 3.63) is 23.8 Å². The molecular weight excluding hydrogens is 855 g/mol. The summed E-state index contributed by atoms with van der Waals surface area (Å²) in [4.78, 5) is 57.8. The monoisotopic (exact) mass is 948 g/mol. The molecule has 3 fully saturated rings. The fraction of sp³-hybridized carbons (Fsp3) is 0.849. The molecule has 1 atom stereocenters. The van der Waals surface area contributed by atoms with E-state index in [-0.39, 0.29) is 25.7 Å². The van der Waals surface area contributed by atoms with Crippen molar-refractivity contribution in [1.82, 2.24) is 15.2 Å². The van der Waals surface area contributed by atoms with Gasteiger partial charge < -0.3 is 34.6 Å². The van der Waals surface area contributed by atoms with Crippen LogP contribution in [0.3, 0.4) is 0 Å². The molecule has 0 bridgehead atoms. The number of hydroxylamine groups is 6. The lowest BCUT2D eigenvalue weighted by Crippen LogP contribution is -2.61. The van der Waals surface area contributed by atoms with Gasteiger partial charge in [0.1, 0.15) is 18.3 Å². The van der Waals surface area contributed by atoms with Crippen LogP contribution in [-0.2, 0) is 38.1 Å². The maximum atomic E-state index is 14.9. The standard InChI is InChI=1S/C53H93N3O11/c1-18-21-27-52(42(57)64-17,43(58)65-39-31-46(5,6)54(61)47(7,8)32-39)29-23-25-37(4)38(20-3)26-24-30-53(28-22-19-2,44(59)66-40-33-48(9,10)55(62)49(11,12)34-40)45(60)67-41-35-50(13,14)56(63)51(15,16)36-41/h20,39-41,61-63H,4,18-19,21-36H2,1-3,5-17H3/b38-20-. The largest absolute Gasteiger partial charge is 0.468 e. The normalized spacial score (nSPS) is 23.5. The Morgan fingerprint density at radius 2 is 0.791 bits per heavy atom. The van der Waals surface area contributed by atoms with Crippen molar-refractivity contribution in [3.8, 4) is 0 Å². The summed E-state index contributed by atoms with van der Waals surface area (Å²) in [5, 5.41) is 36.9. The van der Waals surface area contributed by atoms with Gasteiger partial charge in [-0.25, -0.2) is 0 Å². The molecule has 67 heavy (non-hydrogen) atoms. The SMILES string of the molecule is C=C(CCCC(CCCC)(C(=O)OC)C(=O)OC1CC(C)(C)N(O)C(C)(C)C1)/C(=C\C)CCCC(CCCC)(C(=O)OC1CC(C)(C)N(O)C(C)(C)C1)C(=O)OC1CC(C)(C)N(O)C(C)(C)C1. The number of rotatable bonds is 22. The second-order valence-electron chi connectivity index (χ2n) is 24.1. The van der Waals surface area contributed by atoms with Crippen LogP contribution in [0.15, 0.2) is 23.8 Å². The van der Waals surface area contributed by atoms with Gasteiger partial charge in [0, 0.05) is 71.8 Å². The molecule has 0 aliphatic carbocycles. The Labute approximate surface area is 404 Å². The van der Waals surface area contributed by atoms with Gasteiger partial charge in [-0.2, -0.15) is 15.2 Å². The minimum atomic E-state index is -1.61. The Morgan fingerprint density at radius 1 is 0.522 bits per heavy atom. The third-order valence-corrected chi connectivity index (χ3v) is 15.2. The van der Waals surface area contributed by atoms with Crippen molar-refractivity contribution in [2.75, 3.05) is 7.11 Å². The van der Waals surface area contributed by atoms with Gasteiger partial charge in [0.2, 0.25) is 0 Å². The second-order valence-corrected chi connectivity index (χ2v) is 24.1. The maximum Gasteiger partial charge on any atom is 0.323 e. The van der Waals surface area contributed by atoms with E-state index >= 15 is 0 Å². The smallest absolute Gasteiger partial charge is 0.323 e.